The zero-order valence-electron chi connectivity index (χ0n) is 12.6. The Kier molecular flexibility index (Phi) is 3.64. The lowest BCUT2D eigenvalue weighted by molar-refractivity contribution is 0.361. The summed E-state index contributed by atoms with van der Waals surface area (Å²) in [4.78, 5) is 4.58. The number of anilines is 1. The van der Waals surface area contributed by atoms with Crippen LogP contribution in [0.2, 0.25) is 0 Å². The second-order valence-electron chi connectivity index (χ2n) is 6.42. The van der Waals surface area contributed by atoms with Crippen molar-refractivity contribution >= 4 is 16.7 Å². The Bertz CT molecular complexity index is 579. The minimum atomic E-state index is 0.346. The van der Waals surface area contributed by atoms with Crippen molar-refractivity contribution in [3.8, 4) is 0 Å². The van der Waals surface area contributed by atoms with E-state index >= 15 is 0 Å². The fourth-order valence-corrected chi connectivity index (χ4v) is 3.04. The monoisotopic (exact) mass is 272 g/mol. The Labute approximate surface area is 120 Å². The molecule has 1 aliphatic carbocycles. The van der Waals surface area contributed by atoms with E-state index in [0.717, 1.165) is 22.6 Å². The summed E-state index contributed by atoms with van der Waals surface area (Å²) in [5, 5.41) is 9.17. The molecule has 0 aromatic carbocycles. The van der Waals surface area contributed by atoms with E-state index in [4.69, 9.17) is 0 Å². The van der Waals surface area contributed by atoms with E-state index in [0.29, 0.717) is 12.1 Å². The van der Waals surface area contributed by atoms with Crippen molar-refractivity contribution < 1.29 is 0 Å². The molecule has 1 saturated carbocycles. The number of hydrogen-bond acceptors (Lipinski definition) is 3. The van der Waals surface area contributed by atoms with Crippen LogP contribution in [0.1, 0.15) is 52.5 Å². The zero-order valence-corrected chi connectivity index (χ0v) is 12.6. The fraction of sp³-hybridized carbons (Fsp3) is 0.625. The third-order valence-electron chi connectivity index (χ3n) is 4.31. The summed E-state index contributed by atoms with van der Waals surface area (Å²) in [6.45, 7) is 6.61. The van der Waals surface area contributed by atoms with E-state index in [9.17, 15) is 0 Å². The van der Waals surface area contributed by atoms with Crippen LogP contribution in [0.5, 0.6) is 0 Å². The molecule has 0 spiro atoms. The summed E-state index contributed by atoms with van der Waals surface area (Å²) in [6.07, 6.45) is 9.06. The number of pyridine rings is 1. The molecule has 2 aromatic heterocycles. The van der Waals surface area contributed by atoms with E-state index in [1.54, 1.807) is 0 Å². The maximum absolute atomic E-state index is 4.58. The molecule has 108 valence electrons. The molecule has 2 heterocycles. The molecule has 0 saturated heterocycles. The average molecular weight is 272 g/mol. The standard InChI is InChI=1S/C16H24N4/c1-11(2)20-16-13(9-18-20)8-15(10-17-16)19-14-6-4-12(3)5-7-14/h8-12,14,19H,4-7H2,1-3H3. The van der Waals surface area contributed by atoms with E-state index in [1.165, 1.54) is 25.7 Å². The predicted molar refractivity (Wildman–Crippen MR) is 83.0 cm³/mol. The van der Waals surface area contributed by atoms with Gasteiger partial charge in [-0.05, 0) is 51.5 Å². The number of fused-ring (bicyclic) bond motifs is 1. The predicted octanol–water partition coefficient (Wildman–Crippen LogP) is 4.00. The lowest BCUT2D eigenvalue weighted by atomic mass is 9.87. The average Bonchev–Trinajstić information content (AvgIpc) is 2.84. The van der Waals surface area contributed by atoms with Gasteiger partial charge in [-0.3, -0.25) is 0 Å². The molecular formula is C16H24N4. The Morgan fingerprint density at radius 3 is 2.65 bits per heavy atom. The van der Waals surface area contributed by atoms with Gasteiger partial charge in [-0.2, -0.15) is 5.10 Å². The van der Waals surface area contributed by atoms with Crippen LogP contribution in [-0.4, -0.2) is 20.8 Å². The second-order valence-corrected chi connectivity index (χ2v) is 6.42. The van der Waals surface area contributed by atoms with Crippen LogP contribution < -0.4 is 5.32 Å². The van der Waals surface area contributed by atoms with Crippen molar-refractivity contribution in [2.45, 2.75) is 58.5 Å². The molecule has 1 fully saturated rings. The van der Waals surface area contributed by atoms with Gasteiger partial charge in [-0.1, -0.05) is 6.92 Å². The van der Waals surface area contributed by atoms with Gasteiger partial charge in [0.1, 0.15) is 0 Å². The van der Waals surface area contributed by atoms with Gasteiger partial charge in [0.2, 0.25) is 0 Å². The van der Waals surface area contributed by atoms with E-state index in [2.05, 4.69) is 42.2 Å². The van der Waals surface area contributed by atoms with E-state index in [-0.39, 0.29) is 0 Å². The third-order valence-corrected chi connectivity index (χ3v) is 4.31. The topological polar surface area (TPSA) is 42.7 Å². The number of rotatable bonds is 3. The van der Waals surface area contributed by atoms with Crippen LogP contribution in [0.3, 0.4) is 0 Å². The van der Waals surface area contributed by atoms with Crippen molar-refractivity contribution in [2.24, 2.45) is 5.92 Å². The molecule has 1 N–H and O–H groups in total. The van der Waals surface area contributed by atoms with Gasteiger partial charge in [0.15, 0.2) is 5.65 Å². The molecule has 3 rings (SSSR count). The van der Waals surface area contributed by atoms with Gasteiger partial charge in [0, 0.05) is 17.5 Å². The summed E-state index contributed by atoms with van der Waals surface area (Å²) in [6, 6.07) is 3.12. The highest BCUT2D eigenvalue weighted by atomic mass is 15.3. The lowest BCUT2D eigenvalue weighted by Gasteiger charge is -2.27. The van der Waals surface area contributed by atoms with Crippen LogP contribution in [0.4, 0.5) is 5.69 Å². The number of hydrogen-bond donors (Lipinski definition) is 1. The van der Waals surface area contributed by atoms with Crippen molar-refractivity contribution in [2.75, 3.05) is 5.32 Å². The third kappa shape index (κ3) is 2.65. The van der Waals surface area contributed by atoms with Gasteiger partial charge in [0.05, 0.1) is 18.1 Å². The molecule has 1 aliphatic rings. The van der Waals surface area contributed by atoms with Crippen LogP contribution >= 0.6 is 0 Å². The van der Waals surface area contributed by atoms with Gasteiger partial charge >= 0.3 is 0 Å². The Hall–Kier alpha value is -1.58. The molecule has 4 heteroatoms. The van der Waals surface area contributed by atoms with E-state index in [1.807, 2.05) is 17.1 Å². The Morgan fingerprint density at radius 2 is 1.95 bits per heavy atom. The summed E-state index contributed by atoms with van der Waals surface area (Å²) in [5.74, 6) is 0.887. The van der Waals surface area contributed by atoms with Crippen molar-refractivity contribution in [3.63, 3.8) is 0 Å². The Morgan fingerprint density at radius 1 is 1.20 bits per heavy atom. The molecule has 0 bridgehead atoms. The molecule has 0 aliphatic heterocycles. The molecular weight excluding hydrogens is 248 g/mol. The van der Waals surface area contributed by atoms with Crippen molar-refractivity contribution in [1.29, 1.82) is 0 Å². The Balaban J connectivity index is 1.76. The van der Waals surface area contributed by atoms with Gasteiger partial charge in [-0.25, -0.2) is 9.67 Å². The van der Waals surface area contributed by atoms with Crippen LogP contribution in [-0.2, 0) is 0 Å². The quantitative estimate of drug-likeness (QED) is 0.918. The fourth-order valence-electron chi connectivity index (χ4n) is 3.04. The normalized spacial score (nSPS) is 23.4. The molecule has 0 unspecified atom stereocenters. The van der Waals surface area contributed by atoms with Crippen LogP contribution in [0, 0.1) is 5.92 Å². The molecule has 0 atom stereocenters. The molecule has 0 amide bonds. The first-order chi connectivity index (χ1) is 9.63. The SMILES string of the molecule is CC1CCC(Nc2cnc3c(cnn3C(C)C)c2)CC1. The van der Waals surface area contributed by atoms with E-state index < -0.39 is 0 Å². The van der Waals surface area contributed by atoms with Crippen LogP contribution in [0.25, 0.3) is 11.0 Å². The maximum atomic E-state index is 4.58. The number of aromatic nitrogens is 3. The highest BCUT2D eigenvalue weighted by Gasteiger charge is 2.18. The lowest BCUT2D eigenvalue weighted by Crippen LogP contribution is -2.25. The smallest absolute Gasteiger partial charge is 0.158 e. The first-order valence-electron chi connectivity index (χ1n) is 7.73. The first-order valence-corrected chi connectivity index (χ1v) is 7.73. The zero-order chi connectivity index (χ0) is 14.1. The highest BCUT2D eigenvalue weighted by Crippen LogP contribution is 2.27. The minimum Gasteiger partial charge on any atom is -0.381 e. The minimum absolute atomic E-state index is 0.346. The van der Waals surface area contributed by atoms with Crippen LogP contribution in [0.15, 0.2) is 18.5 Å². The van der Waals surface area contributed by atoms with Crippen molar-refractivity contribution in [3.05, 3.63) is 18.5 Å². The van der Waals surface area contributed by atoms with Crippen molar-refractivity contribution in [1.82, 2.24) is 14.8 Å². The first kappa shape index (κ1) is 13.4. The molecule has 0 radical (unpaired) electrons. The molecule has 20 heavy (non-hydrogen) atoms. The second kappa shape index (κ2) is 5.43. The molecule has 2 aromatic rings. The number of nitrogens with one attached hydrogen (secondary N) is 1. The molecule has 4 nitrogen and oxygen atoms in total. The van der Waals surface area contributed by atoms with Gasteiger partial charge in [0.25, 0.3) is 0 Å². The van der Waals surface area contributed by atoms with Gasteiger partial charge < -0.3 is 5.32 Å². The number of nitrogens with zero attached hydrogens (tertiary/aromatic N) is 3. The summed E-state index contributed by atoms with van der Waals surface area (Å²) < 4.78 is 1.97. The summed E-state index contributed by atoms with van der Waals surface area (Å²) >= 11 is 0. The van der Waals surface area contributed by atoms with Gasteiger partial charge in [-0.15, -0.1) is 0 Å². The summed E-state index contributed by atoms with van der Waals surface area (Å²) in [5.41, 5.74) is 2.10. The summed E-state index contributed by atoms with van der Waals surface area (Å²) in [7, 11) is 0. The maximum Gasteiger partial charge on any atom is 0.158 e. The largest absolute Gasteiger partial charge is 0.381 e. The highest BCUT2D eigenvalue weighted by molar-refractivity contribution is 5.78.